The summed E-state index contributed by atoms with van der Waals surface area (Å²) in [6.07, 6.45) is 6.69. The topological polar surface area (TPSA) is 0 Å². The van der Waals surface area contributed by atoms with Gasteiger partial charge in [-0.2, -0.15) is 0 Å². The van der Waals surface area contributed by atoms with E-state index in [9.17, 15) is 0 Å². The van der Waals surface area contributed by atoms with Gasteiger partial charge in [0.15, 0.2) is 0 Å². The molecule has 0 atom stereocenters. The van der Waals surface area contributed by atoms with Gasteiger partial charge in [0.2, 0.25) is 0 Å². The molecule has 0 aromatic heterocycles. The van der Waals surface area contributed by atoms with Crippen LogP contribution in [0.2, 0.25) is 0 Å². The predicted molar refractivity (Wildman–Crippen MR) is 41.6 cm³/mol. The maximum absolute atomic E-state index is 6.69. The first-order valence-electron chi connectivity index (χ1n) is 2.68. The van der Waals surface area contributed by atoms with Crippen LogP contribution in [0.1, 0.15) is 5.56 Å². The van der Waals surface area contributed by atoms with Crippen molar-refractivity contribution in [3.8, 4) is 5.92 Å². The van der Waals surface area contributed by atoms with E-state index in [4.69, 9.17) is 6.42 Å². The van der Waals surface area contributed by atoms with Gasteiger partial charge >= 0.3 is 30.0 Å². The molecular formula is C8H5BrZn. The summed E-state index contributed by atoms with van der Waals surface area (Å²) in [6, 6.07) is 9.37. The van der Waals surface area contributed by atoms with Gasteiger partial charge in [-0.3, -0.25) is 5.92 Å². The van der Waals surface area contributed by atoms with Gasteiger partial charge in [0.1, 0.15) is 0 Å². The van der Waals surface area contributed by atoms with Gasteiger partial charge in [0.05, 0.1) is 0 Å². The van der Waals surface area contributed by atoms with E-state index in [-0.39, 0.29) is 0 Å². The van der Waals surface area contributed by atoms with Crippen molar-refractivity contribution in [2.75, 3.05) is 0 Å². The molecule has 0 aliphatic heterocycles. The van der Waals surface area contributed by atoms with Crippen molar-refractivity contribution in [3.63, 3.8) is 0 Å². The Kier molecular flexibility index (Phi) is 6.91. The van der Waals surface area contributed by atoms with Crippen LogP contribution in [0.15, 0.2) is 30.3 Å². The van der Waals surface area contributed by atoms with E-state index >= 15 is 0 Å². The van der Waals surface area contributed by atoms with E-state index in [0.29, 0.717) is 0 Å². The van der Waals surface area contributed by atoms with Crippen molar-refractivity contribution in [2.45, 2.75) is 0 Å². The molecule has 0 N–H and O–H groups in total. The average Bonchev–Trinajstić information content (AvgIpc) is 2.10. The van der Waals surface area contributed by atoms with Crippen molar-refractivity contribution in [1.29, 1.82) is 0 Å². The minimum absolute atomic E-state index is 0.826. The van der Waals surface area contributed by atoms with Crippen LogP contribution in [-0.4, -0.2) is 0 Å². The third-order valence-electron chi connectivity index (χ3n) is 0.918. The quantitative estimate of drug-likeness (QED) is 0.375. The Morgan fingerprint density at radius 3 is 2.00 bits per heavy atom. The second-order valence-electron chi connectivity index (χ2n) is 1.49. The fraction of sp³-hybridized carbons (Fsp3) is 0. The number of hydrogen-bond acceptors (Lipinski definition) is 0. The van der Waals surface area contributed by atoms with E-state index in [1.807, 2.05) is 30.3 Å². The van der Waals surface area contributed by atoms with Gasteiger partial charge in [-0.1, -0.05) is 18.2 Å². The molecule has 2 heteroatoms. The van der Waals surface area contributed by atoms with Gasteiger partial charge in [0, 0.05) is 0 Å². The Hall–Kier alpha value is -0.117. The third-order valence-corrected chi connectivity index (χ3v) is 0.918. The molecule has 0 unspecified atom stereocenters. The molecule has 1 rings (SSSR count). The van der Waals surface area contributed by atoms with E-state index in [2.05, 4.69) is 19.5 Å². The minimum atomic E-state index is 0.826. The maximum atomic E-state index is 6.69. The van der Waals surface area contributed by atoms with Gasteiger partial charge in [-0.05, 0) is 0 Å². The molecule has 0 bridgehead atoms. The van der Waals surface area contributed by atoms with Crippen LogP contribution < -0.4 is 0 Å². The first-order valence-corrected chi connectivity index (χ1v) is 9.63. The standard InChI is InChI=1S/C8H5.BrH.Zn/c1-2-8-6-4-3-5-7-8;;/h3-7H;1H;/q-1;;+2/p-1. The van der Waals surface area contributed by atoms with Crippen LogP contribution in [0.4, 0.5) is 0 Å². The fourth-order valence-corrected chi connectivity index (χ4v) is 0.521. The van der Waals surface area contributed by atoms with Crippen LogP contribution in [0, 0.1) is 12.3 Å². The molecule has 0 aliphatic rings. The normalized spacial score (nSPS) is 7.00. The van der Waals surface area contributed by atoms with Crippen LogP contribution >= 0.6 is 13.6 Å². The molecule has 0 amide bonds. The second kappa shape index (κ2) is 7.00. The molecule has 1 aromatic rings. The molecular weight excluding hydrogens is 241 g/mol. The number of benzene rings is 1. The summed E-state index contributed by atoms with van der Waals surface area (Å²) < 4.78 is 0. The molecule has 0 spiro atoms. The first kappa shape index (κ1) is 9.88. The summed E-state index contributed by atoms with van der Waals surface area (Å²) in [5.74, 6) is 2.28. The summed E-state index contributed by atoms with van der Waals surface area (Å²) in [4.78, 5) is 0. The predicted octanol–water partition coefficient (Wildman–Crippen LogP) is 2.47. The number of halogens is 1. The zero-order valence-corrected chi connectivity index (χ0v) is 10.0. The molecule has 0 saturated heterocycles. The molecule has 0 radical (unpaired) electrons. The number of rotatable bonds is 0. The molecule has 0 saturated carbocycles. The Morgan fingerprint density at radius 2 is 1.70 bits per heavy atom. The van der Waals surface area contributed by atoms with Gasteiger partial charge in [-0.25, -0.2) is 0 Å². The molecule has 46 valence electrons. The van der Waals surface area contributed by atoms with E-state index in [1.165, 1.54) is 16.3 Å². The summed E-state index contributed by atoms with van der Waals surface area (Å²) in [5.41, 5.74) is 0.826. The Balaban J connectivity index is 0.000000371. The van der Waals surface area contributed by atoms with Crippen molar-refractivity contribution in [1.82, 2.24) is 0 Å². The van der Waals surface area contributed by atoms with E-state index < -0.39 is 0 Å². The van der Waals surface area contributed by atoms with Crippen molar-refractivity contribution in [2.24, 2.45) is 0 Å². The van der Waals surface area contributed by atoms with Crippen LogP contribution in [0.5, 0.6) is 0 Å². The molecule has 1 aromatic carbocycles. The summed E-state index contributed by atoms with van der Waals surface area (Å²) in [7, 11) is 0. The SMILES string of the molecule is [C-]#Cc1ccccc1.[Zn+][Br]. The molecule has 0 aliphatic carbocycles. The first-order chi connectivity index (χ1) is 4.93. The average molecular weight is 246 g/mol. The summed E-state index contributed by atoms with van der Waals surface area (Å²) >= 11 is 4.25. The van der Waals surface area contributed by atoms with Gasteiger partial charge in [0.25, 0.3) is 0 Å². The van der Waals surface area contributed by atoms with E-state index in [0.717, 1.165) is 5.56 Å². The van der Waals surface area contributed by atoms with Crippen molar-refractivity contribution in [3.05, 3.63) is 42.3 Å². The molecule has 10 heavy (non-hydrogen) atoms. The molecule has 0 nitrogen and oxygen atoms in total. The molecule has 0 heterocycles. The Morgan fingerprint density at radius 1 is 1.20 bits per heavy atom. The fourth-order valence-electron chi connectivity index (χ4n) is 0.521. The van der Waals surface area contributed by atoms with Crippen LogP contribution in [0.3, 0.4) is 0 Å². The van der Waals surface area contributed by atoms with Crippen molar-refractivity contribution < 1.29 is 16.3 Å². The second-order valence-corrected chi connectivity index (χ2v) is 1.49. The zero-order chi connectivity index (χ0) is 7.82. The van der Waals surface area contributed by atoms with Crippen LogP contribution in [0.25, 0.3) is 0 Å². The monoisotopic (exact) mass is 244 g/mol. The Labute approximate surface area is 78.1 Å². The number of hydrogen-bond donors (Lipinski definition) is 0. The van der Waals surface area contributed by atoms with Gasteiger partial charge < -0.3 is 6.42 Å². The zero-order valence-electron chi connectivity index (χ0n) is 5.47. The molecule has 0 fully saturated rings. The van der Waals surface area contributed by atoms with Crippen LogP contribution in [-0.2, 0) is 16.3 Å². The van der Waals surface area contributed by atoms with Gasteiger partial charge in [-0.15, -0.1) is 17.7 Å². The van der Waals surface area contributed by atoms with Crippen molar-refractivity contribution >= 4 is 13.6 Å². The Bertz CT molecular complexity index is 200. The summed E-state index contributed by atoms with van der Waals surface area (Å²) in [5, 5.41) is 0. The van der Waals surface area contributed by atoms with E-state index in [1.54, 1.807) is 0 Å². The third kappa shape index (κ3) is 3.82. The summed E-state index contributed by atoms with van der Waals surface area (Å²) in [6.45, 7) is 0.